The third-order valence-corrected chi connectivity index (χ3v) is 4.49. The van der Waals surface area contributed by atoms with Crippen LogP contribution in [0.1, 0.15) is 12.0 Å². The van der Waals surface area contributed by atoms with Crippen molar-refractivity contribution >= 4 is 17.4 Å². The van der Waals surface area contributed by atoms with Gasteiger partial charge in [-0.1, -0.05) is 30.3 Å². The molecule has 1 aromatic carbocycles. The zero-order valence-electron chi connectivity index (χ0n) is 11.9. The Balaban J connectivity index is 1.84. The summed E-state index contributed by atoms with van der Waals surface area (Å²) in [6, 6.07) is 10.0. The van der Waals surface area contributed by atoms with Crippen molar-refractivity contribution in [2.45, 2.75) is 17.9 Å². The fourth-order valence-corrected chi connectivity index (χ4v) is 3.22. The van der Waals surface area contributed by atoms with E-state index in [1.807, 2.05) is 30.3 Å². The minimum absolute atomic E-state index is 0.0623. The van der Waals surface area contributed by atoms with Gasteiger partial charge in [-0.05, 0) is 12.0 Å². The molecule has 1 aliphatic heterocycles. The molecule has 21 heavy (non-hydrogen) atoms. The number of hydrogen-bond donors (Lipinski definition) is 0. The largest absolute Gasteiger partial charge is 0.282 e. The van der Waals surface area contributed by atoms with Crippen molar-refractivity contribution in [2.24, 2.45) is 7.05 Å². The molecule has 0 spiro atoms. The Bertz CT molecular complexity index is 672. The zero-order valence-corrected chi connectivity index (χ0v) is 12.7. The molecule has 0 amide bonds. The number of anilines is 1. The summed E-state index contributed by atoms with van der Waals surface area (Å²) in [5.74, 6) is 0.914. The average Bonchev–Trinajstić information content (AvgIpc) is 2.72. The summed E-state index contributed by atoms with van der Waals surface area (Å²) < 4.78 is 1.37. The molecule has 0 saturated carbocycles. The van der Waals surface area contributed by atoms with E-state index in [4.69, 9.17) is 4.84 Å². The van der Waals surface area contributed by atoms with Gasteiger partial charge in [0.1, 0.15) is 10.6 Å². The Kier molecular flexibility index (Phi) is 4.26. The molecule has 2 heterocycles. The first kappa shape index (κ1) is 14.2. The van der Waals surface area contributed by atoms with E-state index in [0.717, 1.165) is 34.9 Å². The van der Waals surface area contributed by atoms with Crippen LogP contribution in [-0.4, -0.2) is 22.1 Å². The molecule has 3 rings (SSSR count). The van der Waals surface area contributed by atoms with Gasteiger partial charge in [-0.15, -0.1) is 11.8 Å². The molecule has 0 bridgehead atoms. The number of thioether (sulfide) groups is 1. The lowest BCUT2D eigenvalue weighted by Gasteiger charge is -2.23. The second-order valence-electron chi connectivity index (χ2n) is 4.85. The highest BCUT2D eigenvalue weighted by atomic mass is 32.2. The smallest absolute Gasteiger partial charge is 0.269 e. The molecular formula is C15H17N3O2S. The second kappa shape index (κ2) is 6.32. The molecule has 0 radical (unpaired) electrons. The van der Waals surface area contributed by atoms with Gasteiger partial charge in [-0.25, -0.2) is 4.68 Å². The lowest BCUT2D eigenvalue weighted by Crippen LogP contribution is -2.28. The zero-order chi connectivity index (χ0) is 14.7. The molecule has 0 unspecified atom stereocenters. The number of rotatable bonds is 3. The molecule has 5 nitrogen and oxygen atoms in total. The predicted octanol–water partition coefficient (Wildman–Crippen LogP) is 2.21. The maximum Gasteiger partial charge on any atom is 0.282 e. The number of aromatic nitrogens is 2. The Morgan fingerprint density at radius 2 is 2.14 bits per heavy atom. The summed E-state index contributed by atoms with van der Waals surface area (Å²) >= 11 is 1.58. The normalized spacial score (nSPS) is 14.6. The summed E-state index contributed by atoms with van der Waals surface area (Å²) in [6.45, 7) is 1.25. The van der Waals surface area contributed by atoms with Crippen molar-refractivity contribution in [3.8, 4) is 0 Å². The molecule has 0 fully saturated rings. The van der Waals surface area contributed by atoms with Gasteiger partial charge in [0.15, 0.2) is 0 Å². The van der Waals surface area contributed by atoms with Crippen molar-refractivity contribution < 1.29 is 4.84 Å². The number of benzene rings is 1. The SMILES string of the molecule is Cn1ncc2c(c1=O)SCCCN2OCc1ccccc1. The standard InChI is InChI=1S/C15H17N3O2S/c1-17-15(19)14-13(10-16-17)18(8-5-9-21-14)20-11-12-6-3-2-4-7-12/h2-4,6-7,10H,5,8-9,11H2,1H3. The number of aryl methyl sites for hydroxylation is 1. The van der Waals surface area contributed by atoms with E-state index in [1.54, 1.807) is 30.1 Å². The van der Waals surface area contributed by atoms with E-state index in [0.29, 0.717) is 6.61 Å². The number of fused-ring (bicyclic) bond motifs is 1. The molecule has 0 atom stereocenters. The van der Waals surface area contributed by atoms with E-state index in [9.17, 15) is 4.79 Å². The van der Waals surface area contributed by atoms with Crippen LogP contribution in [0.15, 0.2) is 46.2 Å². The van der Waals surface area contributed by atoms with E-state index < -0.39 is 0 Å². The Hall–Kier alpha value is -1.79. The van der Waals surface area contributed by atoms with Crippen LogP contribution in [0.2, 0.25) is 0 Å². The minimum Gasteiger partial charge on any atom is -0.269 e. The van der Waals surface area contributed by atoms with Crippen molar-refractivity contribution in [1.82, 2.24) is 9.78 Å². The first-order chi connectivity index (χ1) is 10.3. The average molecular weight is 303 g/mol. The van der Waals surface area contributed by atoms with E-state index in [2.05, 4.69) is 5.10 Å². The Morgan fingerprint density at radius 3 is 2.95 bits per heavy atom. The van der Waals surface area contributed by atoms with Crippen LogP contribution in [-0.2, 0) is 18.5 Å². The quantitative estimate of drug-likeness (QED) is 0.870. The van der Waals surface area contributed by atoms with Crippen molar-refractivity contribution in [1.29, 1.82) is 0 Å². The highest BCUT2D eigenvalue weighted by Gasteiger charge is 2.20. The first-order valence-corrected chi connectivity index (χ1v) is 7.88. The van der Waals surface area contributed by atoms with Crippen molar-refractivity contribution in [3.63, 3.8) is 0 Å². The monoisotopic (exact) mass is 303 g/mol. The molecule has 6 heteroatoms. The van der Waals surface area contributed by atoms with Gasteiger partial charge in [0.2, 0.25) is 0 Å². The van der Waals surface area contributed by atoms with Crippen LogP contribution in [0.4, 0.5) is 5.69 Å². The first-order valence-electron chi connectivity index (χ1n) is 6.89. The van der Waals surface area contributed by atoms with E-state index in [1.165, 1.54) is 4.68 Å². The van der Waals surface area contributed by atoms with Crippen LogP contribution < -0.4 is 10.6 Å². The molecule has 1 aliphatic rings. The van der Waals surface area contributed by atoms with Crippen molar-refractivity contribution in [2.75, 3.05) is 17.4 Å². The van der Waals surface area contributed by atoms with Gasteiger partial charge in [0, 0.05) is 19.3 Å². The summed E-state index contributed by atoms with van der Waals surface area (Å²) in [7, 11) is 1.67. The maximum atomic E-state index is 12.2. The van der Waals surface area contributed by atoms with Crippen LogP contribution in [0, 0.1) is 0 Å². The van der Waals surface area contributed by atoms with E-state index >= 15 is 0 Å². The van der Waals surface area contributed by atoms with Crippen LogP contribution in [0.3, 0.4) is 0 Å². The Morgan fingerprint density at radius 1 is 1.33 bits per heavy atom. The van der Waals surface area contributed by atoms with E-state index in [-0.39, 0.29) is 5.56 Å². The fraction of sp³-hybridized carbons (Fsp3) is 0.333. The molecule has 0 N–H and O–H groups in total. The molecule has 1 aromatic heterocycles. The highest BCUT2D eigenvalue weighted by molar-refractivity contribution is 7.99. The van der Waals surface area contributed by atoms with Gasteiger partial charge in [-0.2, -0.15) is 5.10 Å². The molecule has 110 valence electrons. The molecule has 0 saturated heterocycles. The van der Waals surface area contributed by atoms with Crippen LogP contribution >= 0.6 is 11.8 Å². The van der Waals surface area contributed by atoms with Gasteiger partial charge in [0.05, 0.1) is 12.8 Å². The topological polar surface area (TPSA) is 47.4 Å². The minimum atomic E-state index is -0.0623. The third kappa shape index (κ3) is 3.11. The fourth-order valence-electron chi connectivity index (χ4n) is 2.19. The van der Waals surface area contributed by atoms with Crippen LogP contribution in [0.5, 0.6) is 0 Å². The lowest BCUT2D eigenvalue weighted by molar-refractivity contribution is 0.0935. The van der Waals surface area contributed by atoms with Crippen molar-refractivity contribution in [3.05, 3.63) is 52.4 Å². The summed E-state index contributed by atoms with van der Waals surface area (Å²) in [5.41, 5.74) is 1.82. The summed E-state index contributed by atoms with van der Waals surface area (Å²) in [4.78, 5) is 18.8. The number of hydrogen-bond acceptors (Lipinski definition) is 5. The molecule has 0 aliphatic carbocycles. The lowest BCUT2D eigenvalue weighted by atomic mass is 10.2. The van der Waals surface area contributed by atoms with Gasteiger partial charge >= 0.3 is 0 Å². The summed E-state index contributed by atoms with van der Waals surface area (Å²) in [6.07, 6.45) is 2.68. The predicted molar refractivity (Wildman–Crippen MR) is 83.4 cm³/mol. The van der Waals surface area contributed by atoms with Crippen LogP contribution in [0.25, 0.3) is 0 Å². The number of hydroxylamine groups is 1. The Labute approximate surface area is 127 Å². The third-order valence-electron chi connectivity index (χ3n) is 3.32. The number of nitrogens with zero attached hydrogens (tertiary/aromatic N) is 3. The van der Waals surface area contributed by atoms with Gasteiger partial charge in [-0.3, -0.25) is 14.7 Å². The second-order valence-corrected chi connectivity index (χ2v) is 5.96. The summed E-state index contributed by atoms with van der Waals surface area (Å²) in [5, 5.41) is 5.91. The highest BCUT2D eigenvalue weighted by Crippen LogP contribution is 2.30. The maximum absolute atomic E-state index is 12.2. The molecular weight excluding hydrogens is 286 g/mol. The van der Waals surface area contributed by atoms with Gasteiger partial charge < -0.3 is 0 Å². The van der Waals surface area contributed by atoms with Gasteiger partial charge in [0.25, 0.3) is 5.56 Å². The molecule has 2 aromatic rings.